The van der Waals surface area contributed by atoms with Gasteiger partial charge in [-0.15, -0.1) is 0 Å². The van der Waals surface area contributed by atoms with Crippen LogP contribution in [-0.2, 0) is 4.79 Å². The summed E-state index contributed by atoms with van der Waals surface area (Å²) in [5.41, 5.74) is 2.70. The number of para-hydroxylation sites is 1. The maximum Gasteiger partial charge on any atom is 0.225 e. The summed E-state index contributed by atoms with van der Waals surface area (Å²) in [4.78, 5) is 11.9. The van der Waals surface area contributed by atoms with Crippen LogP contribution in [0.4, 0.5) is 5.69 Å². The normalized spacial score (nSPS) is 9.72. The molecule has 0 saturated heterocycles. The molecule has 25 heavy (non-hydrogen) atoms. The van der Waals surface area contributed by atoms with E-state index < -0.39 is 0 Å². The first kappa shape index (κ1) is 29.8. The molecule has 0 bridgehead atoms. The van der Waals surface area contributed by atoms with Gasteiger partial charge in [0.1, 0.15) is 5.76 Å². The molecule has 0 unspecified atom stereocenters. The Morgan fingerprint density at radius 2 is 1.60 bits per heavy atom. The Bertz CT molecular complexity index is 572. The third kappa shape index (κ3) is 10.7. The van der Waals surface area contributed by atoms with Gasteiger partial charge in [-0.3, -0.25) is 4.79 Å². The van der Waals surface area contributed by atoms with Crippen molar-refractivity contribution in [2.24, 2.45) is 0 Å². The summed E-state index contributed by atoms with van der Waals surface area (Å²) in [6.07, 6.45) is 0.391. The largest absolute Gasteiger partial charge is 0.361 e. The molecule has 1 heterocycles. The average Bonchev–Trinajstić information content (AvgIpc) is 2.91. The number of nitrogens with one attached hydrogen (secondary N) is 1. The van der Waals surface area contributed by atoms with Crippen molar-refractivity contribution in [2.75, 3.05) is 5.32 Å². The Hall–Kier alpha value is 0.00390. The number of anilines is 1. The first-order chi connectivity index (χ1) is 11.1. The topological polar surface area (TPSA) is 55.1 Å². The van der Waals surface area contributed by atoms with E-state index >= 15 is 0 Å². The number of carbonyl (C=O) groups excluding carboxylic acids is 1. The predicted molar refractivity (Wildman–Crippen MR) is 96.8 cm³/mol. The van der Waals surface area contributed by atoms with Gasteiger partial charge in [0.15, 0.2) is 0 Å². The number of aryl methyl sites for hydroxylation is 1. The standard InChI is InChI=1S/C15H18N2O2.2C2H6.2U/c1-10(15-11(2)12(3)19-17-15)9-14(18)16-13-7-5-4-6-8-13;2*1-2;;/h4-8,10H,9H2,1-3H3,(H,16,18);2*1-2H3;;/t10-;;;;/m0..../s1. The number of aromatic nitrogens is 1. The van der Waals surface area contributed by atoms with E-state index in [9.17, 15) is 4.79 Å². The summed E-state index contributed by atoms with van der Waals surface area (Å²) < 4.78 is 5.13. The molecule has 2 aromatic rings. The smallest absolute Gasteiger partial charge is 0.225 e. The van der Waals surface area contributed by atoms with Crippen LogP contribution in [0.3, 0.4) is 0 Å². The Kier molecular flexibility index (Phi) is 20.7. The number of rotatable bonds is 4. The molecule has 1 amide bonds. The summed E-state index contributed by atoms with van der Waals surface area (Å²) in [5, 5.41) is 6.89. The maximum atomic E-state index is 11.9. The molecule has 0 spiro atoms. The van der Waals surface area contributed by atoms with Crippen LogP contribution in [0.15, 0.2) is 34.9 Å². The average molecular weight is 795 g/mol. The quantitative estimate of drug-likeness (QED) is 0.447. The van der Waals surface area contributed by atoms with Gasteiger partial charge in [-0.1, -0.05) is 58.0 Å². The Labute approximate surface area is 200 Å². The zero-order valence-corrected chi connectivity index (χ0v) is 24.8. The molecule has 136 valence electrons. The van der Waals surface area contributed by atoms with Gasteiger partial charge in [0.2, 0.25) is 5.91 Å². The van der Waals surface area contributed by atoms with Gasteiger partial charge < -0.3 is 9.84 Å². The molecule has 0 radical (unpaired) electrons. The van der Waals surface area contributed by atoms with Crippen LogP contribution in [0.1, 0.15) is 64.0 Å². The maximum absolute atomic E-state index is 11.9. The van der Waals surface area contributed by atoms with E-state index in [2.05, 4.69) is 10.5 Å². The SMILES string of the molecule is CC.CC.Cc1onc([C@@H](C)CC(=O)Nc2ccccc2)c1C.[U].[U]. The fourth-order valence-corrected chi connectivity index (χ4v) is 2.00. The van der Waals surface area contributed by atoms with Crippen molar-refractivity contribution >= 4 is 11.6 Å². The molecular formula is C19H30N2O2U2. The number of benzene rings is 1. The van der Waals surface area contributed by atoms with Crippen molar-refractivity contribution in [2.45, 2.75) is 60.8 Å². The van der Waals surface area contributed by atoms with Gasteiger partial charge in [0.05, 0.1) is 5.69 Å². The van der Waals surface area contributed by atoms with Crippen LogP contribution in [0.2, 0.25) is 0 Å². The van der Waals surface area contributed by atoms with Crippen LogP contribution in [0, 0.1) is 76.1 Å². The number of hydrogen-bond donors (Lipinski definition) is 1. The Balaban J connectivity index is -0.000000752. The molecule has 1 atom stereocenters. The van der Waals surface area contributed by atoms with E-state index in [0.29, 0.717) is 6.42 Å². The van der Waals surface area contributed by atoms with Gasteiger partial charge in [-0.05, 0) is 26.0 Å². The molecule has 1 N–H and O–H groups in total. The molecule has 4 nitrogen and oxygen atoms in total. The van der Waals surface area contributed by atoms with E-state index in [0.717, 1.165) is 22.7 Å². The van der Waals surface area contributed by atoms with Crippen molar-refractivity contribution in [1.29, 1.82) is 0 Å². The summed E-state index contributed by atoms with van der Waals surface area (Å²) in [6.45, 7) is 13.8. The van der Waals surface area contributed by atoms with Crippen molar-refractivity contribution < 1.29 is 71.5 Å². The second kappa shape index (κ2) is 17.4. The summed E-state index contributed by atoms with van der Waals surface area (Å²) in [7, 11) is 0. The minimum Gasteiger partial charge on any atom is -0.361 e. The Morgan fingerprint density at radius 3 is 2.04 bits per heavy atom. The van der Waals surface area contributed by atoms with Crippen LogP contribution >= 0.6 is 0 Å². The molecule has 0 fully saturated rings. The van der Waals surface area contributed by atoms with Crippen LogP contribution in [0.5, 0.6) is 0 Å². The van der Waals surface area contributed by atoms with Gasteiger partial charge in [-0.25, -0.2) is 0 Å². The first-order valence-corrected chi connectivity index (χ1v) is 8.35. The van der Waals surface area contributed by atoms with Crippen molar-refractivity contribution in [3.05, 3.63) is 47.3 Å². The molecule has 1 aromatic carbocycles. The van der Waals surface area contributed by atoms with Gasteiger partial charge in [0.25, 0.3) is 0 Å². The third-order valence-corrected chi connectivity index (χ3v) is 3.21. The van der Waals surface area contributed by atoms with Crippen LogP contribution in [0.25, 0.3) is 0 Å². The second-order valence-electron chi connectivity index (χ2n) is 4.77. The number of nitrogens with zero attached hydrogens (tertiary/aromatic N) is 1. The number of carbonyl (C=O) groups is 1. The van der Waals surface area contributed by atoms with E-state index in [1.54, 1.807) is 0 Å². The van der Waals surface area contributed by atoms with E-state index in [1.807, 2.05) is 78.8 Å². The third-order valence-electron chi connectivity index (χ3n) is 3.21. The van der Waals surface area contributed by atoms with E-state index in [-0.39, 0.29) is 74.1 Å². The van der Waals surface area contributed by atoms with Crippen molar-refractivity contribution in [1.82, 2.24) is 5.16 Å². The van der Waals surface area contributed by atoms with E-state index in [4.69, 9.17) is 4.52 Å². The minimum absolute atomic E-state index is 0. The Morgan fingerprint density at radius 1 is 1.08 bits per heavy atom. The zero-order valence-electron chi connectivity index (χ0n) is 16.4. The fraction of sp³-hybridized carbons (Fsp3) is 0.474. The van der Waals surface area contributed by atoms with Crippen molar-refractivity contribution in [3.63, 3.8) is 0 Å². The van der Waals surface area contributed by atoms with Crippen LogP contribution in [-0.4, -0.2) is 11.1 Å². The molecule has 0 saturated carbocycles. The zero-order chi connectivity index (χ0) is 17.8. The van der Waals surface area contributed by atoms with E-state index in [1.165, 1.54) is 0 Å². The molecule has 0 aliphatic rings. The first-order valence-electron chi connectivity index (χ1n) is 8.35. The summed E-state index contributed by atoms with van der Waals surface area (Å²) in [5.74, 6) is 0.838. The van der Waals surface area contributed by atoms with Gasteiger partial charge in [0, 0.05) is 85.8 Å². The number of hydrogen-bond acceptors (Lipinski definition) is 3. The number of amides is 1. The predicted octanol–water partition coefficient (Wildman–Crippen LogP) is 5.48. The van der Waals surface area contributed by atoms with Gasteiger partial charge >= 0.3 is 0 Å². The second-order valence-corrected chi connectivity index (χ2v) is 4.77. The molecule has 2 rings (SSSR count). The minimum atomic E-state index is -0.0150. The molecule has 0 aliphatic heterocycles. The summed E-state index contributed by atoms with van der Waals surface area (Å²) in [6, 6.07) is 9.44. The summed E-state index contributed by atoms with van der Waals surface area (Å²) >= 11 is 0. The molecular weight excluding hydrogens is 764 g/mol. The van der Waals surface area contributed by atoms with Crippen LogP contribution < -0.4 is 5.32 Å². The van der Waals surface area contributed by atoms with Crippen molar-refractivity contribution in [3.8, 4) is 0 Å². The molecule has 6 heteroatoms. The molecule has 1 aromatic heterocycles. The monoisotopic (exact) mass is 794 g/mol. The fourth-order valence-electron chi connectivity index (χ4n) is 2.00. The molecule has 0 aliphatic carbocycles. The van der Waals surface area contributed by atoms with Gasteiger partial charge in [-0.2, -0.15) is 0 Å².